The van der Waals surface area contributed by atoms with Gasteiger partial charge < -0.3 is 15.4 Å². The molecule has 0 radical (unpaired) electrons. The first kappa shape index (κ1) is 22.6. The van der Waals surface area contributed by atoms with Crippen LogP contribution in [0.4, 0.5) is 5.69 Å². The van der Waals surface area contributed by atoms with Gasteiger partial charge >= 0.3 is 0 Å². The Hall–Kier alpha value is -3.13. The van der Waals surface area contributed by atoms with Crippen LogP contribution >= 0.6 is 0 Å². The molecule has 1 atom stereocenters. The van der Waals surface area contributed by atoms with Gasteiger partial charge in [-0.2, -0.15) is 0 Å². The van der Waals surface area contributed by atoms with Crippen molar-refractivity contribution >= 4 is 11.6 Å². The molecule has 2 N–H and O–H groups in total. The van der Waals surface area contributed by atoms with Crippen LogP contribution in [0.15, 0.2) is 53.5 Å². The van der Waals surface area contributed by atoms with Crippen molar-refractivity contribution in [3.63, 3.8) is 0 Å². The Kier molecular flexibility index (Phi) is 8.23. The summed E-state index contributed by atoms with van der Waals surface area (Å²) < 4.78 is 5.31. The molecule has 31 heavy (non-hydrogen) atoms. The van der Waals surface area contributed by atoms with E-state index in [9.17, 15) is 10.1 Å². The molecular weight excluding hydrogens is 394 g/mol. The molecule has 0 bridgehead atoms. The summed E-state index contributed by atoms with van der Waals surface area (Å²) in [5.74, 6) is 1.52. The van der Waals surface area contributed by atoms with Gasteiger partial charge in [-0.25, -0.2) is 0 Å². The molecule has 1 aliphatic heterocycles. The Balaban J connectivity index is 1.64. The summed E-state index contributed by atoms with van der Waals surface area (Å²) in [6, 6.07) is 15.1. The number of methoxy groups -OCH3 is 1. The highest BCUT2D eigenvalue weighted by Crippen LogP contribution is 2.26. The predicted molar refractivity (Wildman–Crippen MR) is 122 cm³/mol. The minimum absolute atomic E-state index is 0.0897. The van der Waals surface area contributed by atoms with Crippen LogP contribution < -0.4 is 15.4 Å². The molecule has 8 nitrogen and oxygen atoms in total. The summed E-state index contributed by atoms with van der Waals surface area (Å²) in [7, 11) is 3.40. The van der Waals surface area contributed by atoms with Crippen molar-refractivity contribution in [1.82, 2.24) is 15.5 Å². The molecule has 0 aliphatic carbocycles. The molecule has 0 saturated carbocycles. The number of benzene rings is 2. The van der Waals surface area contributed by atoms with E-state index in [-0.39, 0.29) is 16.7 Å². The maximum Gasteiger partial charge on any atom is 0.269 e. The topological polar surface area (TPSA) is 92.0 Å². The molecule has 2 aromatic rings. The number of ether oxygens (including phenoxy) is 1. The van der Waals surface area contributed by atoms with Crippen LogP contribution in [0.5, 0.6) is 5.75 Å². The molecule has 1 unspecified atom stereocenters. The Morgan fingerprint density at radius 1 is 1.16 bits per heavy atom. The van der Waals surface area contributed by atoms with E-state index in [1.54, 1.807) is 26.3 Å². The van der Waals surface area contributed by atoms with Crippen molar-refractivity contribution < 1.29 is 9.66 Å². The SMILES string of the molecule is CN=C(NCc1cccc([N+](=O)[O-])c1)NCC(c1ccc(OC)cc1)N1CCCCC1. The van der Waals surface area contributed by atoms with Gasteiger partial charge in [0.1, 0.15) is 5.75 Å². The summed E-state index contributed by atoms with van der Waals surface area (Å²) in [6.07, 6.45) is 3.71. The Bertz CT molecular complexity index is 879. The van der Waals surface area contributed by atoms with Crippen LogP contribution in [-0.4, -0.2) is 49.6 Å². The molecular formula is C23H31N5O3. The first-order chi connectivity index (χ1) is 15.1. The van der Waals surface area contributed by atoms with Gasteiger partial charge in [0.15, 0.2) is 5.96 Å². The number of nitrogens with one attached hydrogen (secondary N) is 2. The molecule has 3 rings (SSSR count). The van der Waals surface area contributed by atoms with E-state index in [2.05, 4.69) is 32.7 Å². The third-order valence-electron chi connectivity index (χ3n) is 5.60. The van der Waals surface area contributed by atoms with E-state index in [0.717, 1.165) is 24.4 Å². The van der Waals surface area contributed by atoms with Crippen LogP contribution in [0.2, 0.25) is 0 Å². The van der Waals surface area contributed by atoms with Crippen LogP contribution in [0.25, 0.3) is 0 Å². The van der Waals surface area contributed by atoms with E-state index < -0.39 is 0 Å². The second kappa shape index (κ2) is 11.3. The van der Waals surface area contributed by atoms with Crippen LogP contribution in [-0.2, 0) is 6.54 Å². The zero-order chi connectivity index (χ0) is 22.1. The molecule has 1 aliphatic rings. The smallest absolute Gasteiger partial charge is 0.269 e. The number of guanidine groups is 1. The van der Waals surface area contributed by atoms with Gasteiger partial charge in [0.25, 0.3) is 5.69 Å². The number of hydrogen-bond acceptors (Lipinski definition) is 5. The summed E-state index contributed by atoms with van der Waals surface area (Å²) in [6.45, 7) is 3.33. The standard InChI is InChI=1S/C23H31N5O3/c1-24-23(25-16-18-7-6-8-20(15-18)28(29)30)26-17-22(27-13-4-3-5-14-27)19-9-11-21(31-2)12-10-19/h6-12,15,22H,3-5,13-14,16-17H2,1-2H3,(H2,24,25,26). The molecule has 0 aromatic heterocycles. The maximum atomic E-state index is 11.0. The third-order valence-corrected chi connectivity index (χ3v) is 5.60. The zero-order valence-corrected chi connectivity index (χ0v) is 18.2. The number of piperidine rings is 1. The molecule has 1 heterocycles. The van der Waals surface area contributed by atoms with Crippen molar-refractivity contribution in [3.8, 4) is 5.75 Å². The highest BCUT2D eigenvalue weighted by Gasteiger charge is 2.22. The van der Waals surface area contributed by atoms with Gasteiger partial charge in [0, 0.05) is 32.3 Å². The summed E-state index contributed by atoms with van der Waals surface area (Å²) in [5.41, 5.74) is 2.16. The average molecular weight is 426 g/mol. The van der Waals surface area contributed by atoms with Crippen LogP contribution in [0, 0.1) is 10.1 Å². The number of nitro benzene ring substituents is 1. The van der Waals surface area contributed by atoms with E-state index in [1.807, 2.05) is 18.2 Å². The number of aliphatic imine (C=N–C) groups is 1. The second-order valence-electron chi connectivity index (χ2n) is 7.62. The van der Waals surface area contributed by atoms with E-state index in [4.69, 9.17) is 4.74 Å². The molecule has 2 aromatic carbocycles. The van der Waals surface area contributed by atoms with Crippen LogP contribution in [0.1, 0.15) is 36.4 Å². The van der Waals surface area contributed by atoms with Crippen molar-refractivity contribution in [3.05, 3.63) is 69.8 Å². The monoisotopic (exact) mass is 425 g/mol. The van der Waals surface area contributed by atoms with Crippen molar-refractivity contribution in [2.75, 3.05) is 33.8 Å². The molecule has 0 spiro atoms. The summed E-state index contributed by atoms with van der Waals surface area (Å²) in [5, 5.41) is 17.7. The molecule has 8 heteroatoms. The Labute approximate surface area is 183 Å². The first-order valence-corrected chi connectivity index (χ1v) is 10.7. The van der Waals surface area contributed by atoms with Gasteiger partial charge in [0.2, 0.25) is 0 Å². The molecule has 0 amide bonds. The summed E-state index contributed by atoms with van der Waals surface area (Å²) in [4.78, 5) is 17.4. The molecule has 166 valence electrons. The Morgan fingerprint density at radius 3 is 2.55 bits per heavy atom. The quantitative estimate of drug-likeness (QED) is 0.291. The minimum atomic E-state index is -0.380. The van der Waals surface area contributed by atoms with Crippen molar-refractivity contribution in [1.29, 1.82) is 0 Å². The summed E-state index contributed by atoms with van der Waals surface area (Å²) >= 11 is 0. The minimum Gasteiger partial charge on any atom is -0.497 e. The lowest BCUT2D eigenvalue weighted by Crippen LogP contribution is -2.44. The average Bonchev–Trinajstić information content (AvgIpc) is 2.82. The lowest BCUT2D eigenvalue weighted by atomic mass is 10.0. The molecule has 1 saturated heterocycles. The Morgan fingerprint density at radius 2 is 1.90 bits per heavy atom. The number of likely N-dealkylation sites (tertiary alicyclic amines) is 1. The number of non-ortho nitro benzene ring substituents is 1. The number of rotatable bonds is 8. The lowest BCUT2D eigenvalue weighted by Gasteiger charge is -2.35. The largest absolute Gasteiger partial charge is 0.497 e. The van der Waals surface area contributed by atoms with Gasteiger partial charge in [-0.05, 0) is 49.2 Å². The number of nitro groups is 1. The first-order valence-electron chi connectivity index (χ1n) is 10.7. The predicted octanol–water partition coefficient (Wildman–Crippen LogP) is 3.50. The van der Waals surface area contributed by atoms with Crippen molar-refractivity contribution in [2.24, 2.45) is 4.99 Å². The highest BCUT2D eigenvalue weighted by molar-refractivity contribution is 5.79. The van der Waals surface area contributed by atoms with Gasteiger partial charge in [-0.15, -0.1) is 0 Å². The lowest BCUT2D eigenvalue weighted by molar-refractivity contribution is -0.384. The van der Waals surface area contributed by atoms with E-state index in [0.29, 0.717) is 19.0 Å². The van der Waals surface area contributed by atoms with E-state index in [1.165, 1.54) is 30.9 Å². The zero-order valence-electron chi connectivity index (χ0n) is 18.2. The normalized spacial score (nSPS) is 15.9. The van der Waals surface area contributed by atoms with E-state index >= 15 is 0 Å². The molecule has 1 fully saturated rings. The fourth-order valence-corrected chi connectivity index (χ4v) is 3.89. The number of hydrogen-bond donors (Lipinski definition) is 2. The highest BCUT2D eigenvalue weighted by atomic mass is 16.6. The van der Waals surface area contributed by atoms with Gasteiger partial charge in [-0.3, -0.25) is 20.0 Å². The van der Waals surface area contributed by atoms with Gasteiger partial charge in [-0.1, -0.05) is 30.7 Å². The van der Waals surface area contributed by atoms with Crippen molar-refractivity contribution in [2.45, 2.75) is 31.8 Å². The third kappa shape index (κ3) is 6.42. The van der Waals surface area contributed by atoms with Gasteiger partial charge in [0.05, 0.1) is 18.1 Å². The second-order valence-corrected chi connectivity index (χ2v) is 7.62. The fourth-order valence-electron chi connectivity index (χ4n) is 3.89. The fraction of sp³-hybridized carbons (Fsp3) is 0.435. The van der Waals surface area contributed by atoms with Crippen LogP contribution in [0.3, 0.4) is 0 Å². The number of nitrogens with zero attached hydrogens (tertiary/aromatic N) is 3. The maximum absolute atomic E-state index is 11.0.